The van der Waals surface area contributed by atoms with Gasteiger partial charge in [0.2, 0.25) is 5.79 Å². The maximum absolute atomic E-state index is 7.90. The van der Waals surface area contributed by atoms with E-state index in [4.69, 9.17) is 103 Å². The molecular formula is C92H150O11. The van der Waals surface area contributed by atoms with Crippen molar-refractivity contribution in [3.8, 4) is 98.8 Å². The number of unbranched alkanes of at least 4 members (excludes halogenated alkanes) is 48. The standard InChI is InChI=1S/C92H150O11/c1-9-17-25-33-41-49-57-65-73-93-81-84-86(96-76-68-60-52-44-36-28-20-12-4)88(98-78-70-62-54-46-38-30-22-14-6)89(99-79-71-63-55-47-39-31-23-15-7)91(101-84)103-92(83-95-75-67-59-51-43-35-27-19-11-3)90(100-80-72-64-56-48-40-32-24-16-8)87(97-77-69-61-53-45-37-29-21-13-5)85(102-92)82-94-74-66-58-50-42-34-26-18-10-2/h1-8,84-91H,17-83H2/t84-,85-,86-,87-,88+,89-,90+,91-,92+/m1/s1. The summed E-state index contributed by atoms with van der Waals surface area (Å²) in [6, 6.07) is 0. The van der Waals surface area contributed by atoms with Gasteiger partial charge in [0.25, 0.3) is 0 Å². The predicted molar refractivity (Wildman–Crippen MR) is 428 cm³/mol. The van der Waals surface area contributed by atoms with Gasteiger partial charge in [0.15, 0.2) is 6.29 Å². The van der Waals surface area contributed by atoms with Gasteiger partial charge in [0.05, 0.1) is 13.2 Å². The molecule has 11 heteroatoms. The third-order valence-electron chi connectivity index (χ3n) is 19.9. The molecule has 103 heavy (non-hydrogen) atoms. The van der Waals surface area contributed by atoms with Crippen LogP contribution in [0.2, 0.25) is 0 Å². The van der Waals surface area contributed by atoms with Gasteiger partial charge in [0, 0.05) is 104 Å². The smallest absolute Gasteiger partial charge is 0.224 e. The molecule has 0 amide bonds. The Morgan fingerprint density at radius 1 is 0.233 bits per heavy atom. The average molecular weight is 1430 g/mol. The predicted octanol–water partition coefficient (Wildman–Crippen LogP) is 21.7. The molecule has 0 saturated carbocycles. The van der Waals surface area contributed by atoms with Gasteiger partial charge in [-0.2, -0.15) is 0 Å². The molecule has 2 heterocycles. The monoisotopic (exact) mass is 1430 g/mol. The van der Waals surface area contributed by atoms with Gasteiger partial charge in [-0.3, -0.25) is 0 Å². The zero-order chi connectivity index (χ0) is 73.9. The van der Waals surface area contributed by atoms with Crippen molar-refractivity contribution in [1.29, 1.82) is 0 Å². The molecule has 2 rings (SSSR count). The molecule has 0 unspecified atom stereocenters. The van der Waals surface area contributed by atoms with Crippen LogP contribution in [0.15, 0.2) is 0 Å². The van der Waals surface area contributed by atoms with Gasteiger partial charge in [-0.15, -0.1) is 98.8 Å². The summed E-state index contributed by atoms with van der Waals surface area (Å²) in [6.45, 7) is 4.84. The van der Waals surface area contributed by atoms with Crippen molar-refractivity contribution >= 4 is 0 Å². The Kier molecular flexibility index (Phi) is 67.9. The van der Waals surface area contributed by atoms with Crippen LogP contribution < -0.4 is 0 Å². The first-order valence-electron chi connectivity index (χ1n) is 42.3. The van der Waals surface area contributed by atoms with Crippen molar-refractivity contribution in [2.24, 2.45) is 0 Å². The van der Waals surface area contributed by atoms with Crippen molar-refractivity contribution in [2.45, 2.75) is 414 Å². The van der Waals surface area contributed by atoms with Gasteiger partial charge in [-0.1, -0.05) is 205 Å². The first-order chi connectivity index (χ1) is 51.0. The molecule has 2 aliphatic rings. The van der Waals surface area contributed by atoms with Crippen molar-refractivity contribution in [2.75, 3.05) is 72.7 Å². The van der Waals surface area contributed by atoms with Crippen molar-refractivity contribution in [3.05, 3.63) is 0 Å². The Balaban J connectivity index is 2.92. The normalized spacial score (nSPS) is 20.0. The fourth-order valence-corrected chi connectivity index (χ4v) is 13.8. The van der Waals surface area contributed by atoms with Gasteiger partial charge < -0.3 is 52.1 Å². The lowest BCUT2D eigenvalue weighted by Crippen LogP contribution is -2.65. The average Bonchev–Trinajstić information content (AvgIpc) is 1.64. The van der Waals surface area contributed by atoms with E-state index < -0.39 is 54.8 Å². The number of terminal acetylenes is 8. The van der Waals surface area contributed by atoms with Crippen LogP contribution in [0.1, 0.15) is 360 Å². The lowest BCUT2D eigenvalue weighted by atomic mass is 9.97. The summed E-state index contributed by atoms with van der Waals surface area (Å²) >= 11 is 0. The van der Waals surface area contributed by atoms with Gasteiger partial charge in [0.1, 0.15) is 49.3 Å². The minimum Gasteiger partial charge on any atom is -0.379 e. The number of ether oxygens (including phenoxy) is 11. The first kappa shape index (κ1) is 95.1. The van der Waals surface area contributed by atoms with E-state index in [1.807, 2.05) is 0 Å². The Morgan fingerprint density at radius 3 is 0.796 bits per heavy atom. The van der Waals surface area contributed by atoms with Crippen LogP contribution in [-0.2, 0) is 52.1 Å². The van der Waals surface area contributed by atoms with E-state index in [1.54, 1.807) is 0 Å². The summed E-state index contributed by atoms with van der Waals surface area (Å²) in [5.74, 6) is 20.9. The van der Waals surface area contributed by atoms with Crippen LogP contribution in [0.4, 0.5) is 0 Å². The summed E-state index contributed by atoms with van der Waals surface area (Å²) < 4.78 is 80.1. The largest absolute Gasteiger partial charge is 0.379 e. The molecule has 584 valence electrons. The number of rotatable bonds is 77. The van der Waals surface area contributed by atoms with Crippen molar-refractivity contribution in [3.63, 3.8) is 0 Å². The molecule has 0 aromatic rings. The lowest BCUT2D eigenvalue weighted by molar-refractivity contribution is -0.396. The van der Waals surface area contributed by atoms with E-state index in [9.17, 15) is 0 Å². The maximum atomic E-state index is 7.90. The fraction of sp³-hybridized carbons (Fsp3) is 0.826. The van der Waals surface area contributed by atoms with E-state index in [-0.39, 0.29) is 19.8 Å². The van der Waals surface area contributed by atoms with Gasteiger partial charge >= 0.3 is 0 Å². The van der Waals surface area contributed by atoms with Crippen LogP contribution >= 0.6 is 0 Å². The molecule has 0 aliphatic carbocycles. The third-order valence-corrected chi connectivity index (χ3v) is 19.9. The molecular weight excluding hydrogens is 1280 g/mol. The van der Waals surface area contributed by atoms with Gasteiger partial charge in [-0.05, 0) is 103 Å². The van der Waals surface area contributed by atoms with Crippen LogP contribution in [0, 0.1) is 98.8 Å². The first-order valence-corrected chi connectivity index (χ1v) is 42.3. The second kappa shape index (κ2) is 73.5. The molecule has 11 nitrogen and oxygen atoms in total. The van der Waals surface area contributed by atoms with E-state index in [1.165, 1.54) is 0 Å². The highest BCUT2D eigenvalue weighted by atomic mass is 16.8. The van der Waals surface area contributed by atoms with Crippen LogP contribution in [-0.4, -0.2) is 127 Å². The van der Waals surface area contributed by atoms with E-state index >= 15 is 0 Å². The zero-order valence-corrected chi connectivity index (χ0v) is 65.6. The van der Waals surface area contributed by atoms with Crippen LogP contribution in [0.5, 0.6) is 0 Å². The van der Waals surface area contributed by atoms with E-state index in [2.05, 4.69) is 47.4 Å². The quantitative estimate of drug-likeness (QED) is 0.0430. The highest BCUT2D eigenvalue weighted by Gasteiger charge is 2.62. The summed E-state index contributed by atoms with van der Waals surface area (Å²) in [6.07, 6.45) is 97.1. The molecule has 2 saturated heterocycles. The maximum Gasteiger partial charge on any atom is 0.224 e. The van der Waals surface area contributed by atoms with Crippen molar-refractivity contribution in [1.82, 2.24) is 0 Å². The molecule has 0 aromatic carbocycles. The summed E-state index contributed by atoms with van der Waals surface area (Å²) in [5.41, 5.74) is 0. The topological polar surface area (TPSA) is 102 Å². The Labute approximate surface area is 634 Å². The van der Waals surface area contributed by atoms with E-state index in [0.29, 0.717) is 52.9 Å². The van der Waals surface area contributed by atoms with E-state index in [0.717, 1.165) is 360 Å². The summed E-state index contributed by atoms with van der Waals surface area (Å²) in [4.78, 5) is 0. The summed E-state index contributed by atoms with van der Waals surface area (Å²) in [7, 11) is 0. The molecule has 2 aliphatic heterocycles. The minimum absolute atomic E-state index is 0.0639. The zero-order valence-electron chi connectivity index (χ0n) is 65.6. The van der Waals surface area contributed by atoms with Crippen molar-refractivity contribution < 1.29 is 52.1 Å². The SMILES string of the molecule is C#CCCCCCCCCOC[C@H]1O[C@@](COCCCCCCCCC#C)(O[C@H]2O[C@H](COCCCCCCCCC#C)[C@@H](OCCCCCCCCC#C)[C@H](OCCCCCCCCC#C)[C@H]2OCCCCCCCCC#C)[C@@H](OCCCCCCCCC#C)[C@@H]1OCCCCCCCCC#C. The second-order valence-electron chi connectivity index (χ2n) is 29.1. The van der Waals surface area contributed by atoms with Crippen LogP contribution in [0.3, 0.4) is 0 Å². The molecule has 0 bridgehead atoms. The highest BCUT2D eigenvalue weighted by Crippen LogP contribution is 2.42. The highest BCUT2D eigenvalue weighted by molar-refractivity contribution is 5.02. The molecule has 2 fully saturated rings. The Bertz CT molecular complexity index is 2250. The van der Waals surface area contributed by atoms with Crippen LogP contribution in [0.25, 0.3) is 0 Å². The molecule has 0 spiro atoms. The summed E-state index contributed by atoms with van der Waals surface area (Å²) in [5, 5.41) is 0. The minimum atomic E-state index is -1.54. The molecule has 9 atom stereocenters. The Hall–Kier alpha value is -3.96. The fourth-order valence-electron chi connectivity index (χ4n) is 13.8. The third kappa shape index (κ3) is 51.9. The molecule has 0 aromatic heterocycles. The second-order valence-corrected chi connectivity index (χ2v) is 29.1. The lowest BCUT2D eigenvalue weighted by Gasteiger charge is -2.48. The molecule has 0 N–H and O–H groups in total. The van der Waals surface area contributed by atoms with Gasteiger partial charge in [-0.25, -0.2) is 0 Å². The number of hydrogen-bond acceptors (Lipinski definition) is 11. The number of hydrogen-bond donors (Lipinski definition) is 0. The molecule has 0 radical (unpaired) electrons. The Morgan fingerprint density at radius 2 is 0.476 bits per heavy atom.